The van der Waals surface area contributed by atoms with Crippen LogP contribution in [0.3, 0.4) is 0 Å². The van der Waals surface area contributed by atoms with E-state index < -0.39 is 0 Å². The molecule has 96 valence electrons. The molecule has 0 aliphatic carbocycles. The van der Waals surface area contributed by atoms with E-state index in [4.69, 9.17) is 0 Å². The van der Waals surface area contributed by atoms with Crippen molar-refractivity contribution in [1.29, 1.82) is 0 Å². The molecule has 0 saturated heterocycles. The van der Waals surface area contributed by atoms with E-state index in [1.54, 1.807) is 0 Å². The number of aliphatic hydroxyl groups is 1. The van der Waals surface area contributed by atoms with Crippen molar-refractivity contribution in [2.45, 2.75) is 46.8 Å². The van der Waals surface area contributed by atoms with Crippen molar-refractivity contribution in [1.82, 2.24) is 5.32 Å². The van der Waals surface area contributed by atoms with Gasteiger partial charge in [0.05, 0.1) is 6.10 Å². The van der Waals surface area contributed by atoms with Gasteiger partial charge in [0.25, 0.3) is 0 Å². The highest BCUT2D eigenvalue weighted by atomic mass is 16.3. The molecule has 0 aliphatic rings. The summed E-state index contributed by atoms with van der Waals surface area (Å²) in [4.78, 5) is 0. The maximum Gasteiger partial charge on any atom is 0.0515 e. The van der Waals surface area contributed by atoms with E-state index in [0.29, 0.717) is 5.92 Å². The van der Waals surface area contributed by atoms with E-state index >= 15 is 0 Å². The largest absolute Gasteiger partial charge is 0.393 e. The van der Waals surface area contributed by atoms with Gasteiger partial charge >= 0.3 is 0 Å². The molecule has 2 atom stereocenters. The molecule has 2 unspecified atom stereocenters. The van der Waals surface area contributed by atoms with Gasteiger partial charge in [-0.15, -0.1) is 0 Å². The van der Waals surface area contributed by atoms with Crippen LogP contribution in [0.1, 0.15) is 37.0 Å². The van der Waals surface area contributed by atoms with Crippen LogP contribution in [0.2, 0.25) is 0 Å². The van der Waals surface area contributed by atoms with Crippen molar-refractivity contribution in [2.75, 3.05) is 6.54 Å². The second-order valence-corrected chi connectivity index (χ2v) is 5.18. The number of hydrogen-bond acceptors (Lipinski definition) is 2. The number of hydrogen-bond donors (Lipinski definition) is 2. The standard InChI is InChI=1S/C15H25NO/c1-11(8-13(3)17)9-16-10-15-7-5-6-12(2)14(15)4/h5-7,11,13,16-17H,8-10H2,1-4H3. The molecule has 1 rings (SSSR count). The molecule has 0 fully saturated rings. The average Bonchev–Trinajstić information content (AvgIpc) is 2.23. The monoisotopic (exact) mass is 235 g/mol. The third kappa shape index (κ3) is 4.88. The molecule has 0 saturated carbocycles. The molecule has 0 bridgehead atoms. The van der Waals surface area contributed by atoms with Crippen molar-refractivity contribution in [3.8, 4) is 0 Å². The van der Waals surface area contributed by atoms with Crippen LogP contribution in [0, 0.1) is 19.8 Å². The highest BCUT2D eigenvalue weighted by Gasteiger charge is 2.06. The first-order valence-corrected chi connectivity index (χ1v) is 6.44. The summed E-state index contributed by atoms with van der Waals surface area (Å²) in [6.45, 7) is 10.2. The maximum absolute atomic E-state index is 9.29. The van der Waals surface area contributed by atoms with Crippen LogP contribution >= 0.6 is 0 Å². The van der Waals surface area contributed by atoms with Crippen LogP contribution in [-0.2, 0) is 6.54 Å². The molecule has 0 aliphatic heterocycles. The van der Waals surface area contributed by atoms with Gasteiger partial charge in [-0.2, -0.15) is 0 Å². The molecule has 0 aromatic heterocycles. The molecule has 0 heterocycles. The van der Waals surface area contributed by atoms with Gasteiger partial charge in [0, 0.05) is 6.54 Å². The number of aliphatic hydroxyl groups excluding tert-OH is 1. The Kier molecular flexibility index (Phi) is 5.66. The molecule has 0 amide bonds. The van der Waals surface area contributed by atoms with Gasteiger partial charge in [-0.1, -0.05) is 25.1 Å². The van der Waals surface area contributed by atoms with E-state index in [9.17, 15) is 5.11 Å². The first kappa shape index (κ1) is 14.2. The van der Waals surface area contributed by atoms with Crippen molar-refractivity contribution in [2.24, 2.45) is 5.92 Å². The van der Waals surface area contributed by atoms with E-state index in [0.717, 1.165) is 19.5 Å². The van der Waals surface area contributed by atoms with Gasteiger partial charge in [-0.05, 0) is 56.3 Å². The fourth-order valence-corrected chi connectivity index (χ4v) is 2.12. The minimum atomic E-state index is -0.201. The molecular formula is C15H25NO. The maximum atomic E-state index is 9.29. The van der Waals surface area contributed by atoms with E-state index in [1.807, 2.05) is 6.92 Å². The number of rotatable bonds is 6. The smallest absolute Gasteiger partial charge is 0.0515 e. The van der Waals surface area contributed by atoms with Crippen molar-refractivity contribution in [3.63, 3.8) is 0 Å². The summed E-state index contributed by atoms with van der Waals surface area (Å²) in [5.74, 6) is 0.514. The lowest BCUT2D eigenvalue weighted by Crippen LogP contribution is -2.23. The van der Waals surface area contributed by atoms with Crippen molar-refractivity contribution >= 4 is 0 Å². The zero-order valence-electron chi connectivity index (χ0n) is 11.5. The summed E-state index contributed by atoms with van der Waals surface area (Å²) >= 11 is 0. The lowest BCUT2D eigenvalue weighted by atomic mass is 10.0. The second kappa shape index (κ2) is 6.77. The van der Waals surface area contributed by atoms with Gasteiger partial charge in [0.15, 0.2) is 0 Å². The Morgan fingerprint density at radius 1 is 1.24 bits per heavy atom. The fraction of sp³-hybridized carbons (Fsp3) is 0.600. The predicted octanol–water partition coefficient (Wildman–Crippen LogP) is 2.80. The van der Waals surface area contributed by atoms with Crippen LogP contribution in [0.25, 0.3) is 0 Å². The topological polar surface area (TPSA) is 32.3 Å². The summed E-state index contributed by atoms with van der Waals surface area (Å²) in [5, 5.41) is 12.8. The van der Waals surface area contributed by atoms with Crippen molar-refractivity contribution in [3.05, 3.63) is 34.9 Å². The van der Waals surface area contributed by atoms with Crippen LogP contribution in [0.5, 0.6) is 0 Å². The van der Waals surface area contributed by atoms with Gasteiger partial charge < -0.3 is 10.4 Å². The highest BCUT2D eigenvalue weighted by Crippen LogP contribution is 2.12. The number of aryl methyl sites for hydroxylation is 1. The summed E-state index contributed by atoms with van der Waals surface area (Å²) in [6, 6.07) is 6.43. The van der Waals surface area contributed by atoms with E-state index in [1.165, 1.54) is 16.7 Å². The zero-order chi connectivity index (χ0) is 12.8. The summed E-state index contributed by atoms with van der Waals surface area (Å²) < 4.78 is 0. The molecule has 2 heteroatoms. The fourth-order valence-electron chi connectivity index (χ4n) is 2.12. The Bertz CT molecular complexity index is 347. The first-order valence-electron chi connectivity index (χ1n) is 6.44. The quantitative estimate of drug-likeness (QED) is 0.794. The van der Waals surface area contributed by atoms with Gasteiger partial charge in [-0.25, -0.2) is 0 Å². The molecule has 17 heavy (non-hydrogen) atoms. The van der Waals surface area contributed by atoms with Gasteiger partial charge in [-0.3, -0.25) is 0 Å². The van der Waals surface area contributed by atoms with Gasteiger partial charge in [0.1, 0.15) is 0 Å². The van der Waals surface area contributed by atoms with Crippen LogP contribution in [-0.4, -0.2) is 17.8 Å². The van der Waals surface area contributed by atoms with E-state index in [-0.39, 0.29) is 6.10 Å². The van der Waals surface area contributed by atoms with Gasteiger partial charge in [0.2, 0.25) is 0 Å². The molecule has 2 N–H and O–H groups in total. The third-order valence-electron chi connectivity index (χ3n) is 3.27. The molecular weight excluding hydrogens is 210 g/mol. The zero-order valence-corrected chi connectivity index (χ0v) is 11.5. The normalized spacial score (nSPS) is 14.6. The van der Waals surface area contributed by atoms with E-state index in [2.05, 4.69) is 44.3 Å². The first-order chi connectivity index (χ1) is 8.00. The summed E-state index contributed by atoms with van der Waals surface area (Å²) in [7, 11) is 0. The van der Waals surface area contributed by atoms with Crippen LogP contribution < -0.4 is 5.32 Å². The van der Waals surface area contributed by atoms with Crippen LogP contribution in [0.4, 0.5) is 0 Å². The number of nitrogens with one attached hydrogen (secondary N) is 1. The molecule has 1 aromatic rings. The highest BCUT2D eigenvalue weighted by molar-refractivity contribution is 5.32. The predicted molar refractivity (Wildman–Crippen MR) is 73.1 cm³/mol. The lowest BCUT2D eigenvalue weighted by Gasteiger charge is -2.15. The molecule has 0 spiro atoms. The average molecular weight is 235 g/mol. The minimum absolute atomic E-state index is 0.201. The Labute approximate surface area is 105 Å². The van der Waals surface area contributed by atoms with Crippen molar-refractivity contribution < 1.29 is 5.11 Å². The SMILES string of the molecule is Cc1cccc(CNCC(C)CC(C)O)c1C. The Morgan fingerprint density at radius 3 is 2.59 bits per heavy atom. The Hall–Kier alpha value is -0.860. The number of benzene rings is 1. The summed E-state index contributed by atoms with van der Waals surface area (Å²) in [5.41, 5.74) is 4.10. The lowest BCUT2D eigenvalue weighted by molar-refractivity contribution is 0.163. The second-order valence-electron chi connectivity index (χ2n) is 5.18. The minimum Gasteiger partial charge on any atom is -0.393 e. The molecule has 0 radical (unpaired) electrons. The summed E-state index contributed by atoms with van der Waals surface area (Å²) in [6.07, 6.45) is 0.660. The van der Waals surface area contributed by atoms with Crippen LogP contribution in [0.15, 0.2) is 18.2 Å². The molecule has 1 aromatic carbocycles. The Balaban J connectivity index is 2.38. The third-order valence-corrected chi connectivity index (χ3v) is 3.27. The Morgan fingerprint density at radius 2 is 1.94 bits per heavy atom. The molecule has 2 nitrogen and oxygen atoms in total.